The molecule has 2 rings (SSSR count). The summed E-state index contributed by atoms with van der Waals surface area (Å²) >= 11 is 2.04. The Labute approximate surface area is 156 Å². The van der Waals surface area contributed by atoms with Gasteiger partial charge in [0.1, 0.15) is 0 Å². The number of benzene rings is 1. The molecule has 1 aromatic rings. The van der Waals surface area contributed by atoms with Gasteiger partial charge in [-0.1, -0.05) is 12.1 Å². The SMILES string of the molecule is CN(C)C(=NCc1ccc(N2CCSCC2)cc1)N(C)C.I. The third-order valence-corrected chi connectivity index (χ3v) is 4.46. The lowest BCUT2D eigenvalue weighted by Crippen LogP contribution is -2.35. The van der Waals surface area contributed by atoms with Crippen LogP contribution in [0.2, 0.25) is 0 Å². The second-order valence-corrected chi connectivity index (χ2v) is 6.90. The summed E-state index contributed by atoms with van der Waals surface area (Å²) in [7, 11) is 8.10. The van der Waals surface area contributed by atoms with Crippen molar-refractivity contribution in [2.24, 2.45) is 4.99 Å². The van der Waals surface area contributed by atoms with Gasteiger partial charge in [0, 0.05) is 58.5 Å². The average Bonchev–Trinajstić information content (AvgIpc) is 2.48. The van der Waals surface area contributed by atoms with Crippen molar-refractivity contribution in [1.82, 2.24) is 9.80 Å². The smallest absolute Gasteiger partial charge is 0.195 e. The molecule has 0 unspecified atom stereocenters. The predicted molar refractivity (Wildman–Crippen MR) is 110 cm³/mol. The number of anilines is 1. The van der Waals surface area contributed by atoms with Gasteiger partial charge in [-0.25, -0.2) is 4.99 Å². The Hall–Kier alpha value is -0.630. The highest BCUT2D eigenvalue weighted by Crippen LogP contribution is 2.20. The molecular formula is C16H27IN4S. The Morgan fingerprint density at radius 1 is 1.05 bits per heavy atom. The highest BCUT2D eigenvalue weighted by atomic mass is 127. The van der Waals surface area contributed by atoms with E-state index in [1.165, 1.54) is 22.8 Å². The summed E-state index contributed by atoms with van der Waals surface area (Å²) in [6.07, 6.45) is 0. The number of nitrogens with zero attached hydrogens (tertiary/aromatic N) is 4. The first kappa shape index (κ1) is 19.4. The van der Waals surface area contributed by atoms with E-state index >= 15 is 0 Å². The van der Waals surface area contributed by atoms with Gasteiger partial charge in [0.25, 0.3) is 0 Å². The summed E-state index contributed by atoms with van der Waals surface area (Å²) < 4.78 is 0. The first-order valence-electron chi connectivity index (χ1n) is 7.38. The molecule has 1 aromatic carbocycles. The molecule has 124 valence electrons. The Kier molecular flexibility index (Phi) is 8.38. The maximum absolute atomic E-state index is 4.69. The minimum atomic E-state index is 0. The van der Waals surface area contributed by atoms with E-state index in [2.05, 4.69) is 34.2 Å². The number of guanidine groups is 1. The van der Waals surface area contributed by atoms with Crippen LogP contribution >= 0.6 is 35.7 Å². The highest BCUT2D eigenvalue weighted by molar-refractivity contribution is 14.0. The summed E-state index contributed by atoms with van der Waals surface area (Å²) in [6.45, 7) is 3.04. The third-order valence-electron chi connectivity index (χ3n) is 3.52. The van der Waals surface area contributed by atoms with Crippen molar-refractivity contribution >= 4 is 47.4 Å². The number of hydrogen-bond acceptors (Lipinski definition) is 3. The van der Waals surface area contributed by atoms with E-state index in [1.807, 2.05) is 49.8 Å². The molecular weight excluding hydrogens is 407 g/mol. The van der Waals surface area contributed by atoms with E-state index in [9.17, 15) is 0 Å². The number of thioether (sulfide) groups is 1. The van der Waals surface area contributed by atoms with Crippen LogP contribution in [-0.2, 0) is 6.54 Å². The van der Waals surface area contributed by atoms with Gasteiger partial charge < -0.3 is 14.7 Å². The average molecular weight is 434 g/mol. The predicted octanol–water partition coefficient (Wildman–Crippen LogP) is 2.84. The standard InChI is InChI=1S/C16H26N4S.HI/c1-18(2)16(19(3)4)17-13-14-5-7-15(8-6-14)20-9-11-21-12-10-20;/h5-8H,9-13H2,1-4H3;1H. The molecule has 0 atom stereocenters. The van der Waals surface area contributed by atoms with Gasteiger partial charge in [-0.2, -0.15) is 11.8 Å². The van der Waals surface area contributed by atoms with Crippen LogP contribution < -0.4 is 4.90 Å². The fourth-order valence-electron chi connectivity index (χ4n) is 2.48. The number of hydrogen-bond donors (Lipinski definition) is 0. The maximum Gasteiger partial charge on any atom is 0.195 e. The second-order valence-electron chi connectivity index (χ2n) is 5.67. The van der Waals surface area contributed by atoms with Crippen molar-refractivity contribution in [3.8, 4) is 0 Å². The van der Waals surface area contributed by atoms with Gasteiger partial charge in [0.2, 0.25) is 0 Å². The number of rotatable bonds is 3. The molecule has 22 heavy (non-hydrogen) atoms. The molecule has 0 N–H and O–H groups in total. The summed E-state index contributed by atoms with van der Waals surface area (Å²) in [6, 6.07) is 8.85. The fourth-order valence-corrected chi connectivity index (χ4v) is 3.38. The van der Waals surface area contributed by atoms with Crippen LogP contribution in [0.5, 0.6) is 0 Å². The van der Waals surface area contributed by atoms with Gasteiger partial charge in [-0.3, -0.25) is 0 Å². The maximum atomic E-state index is 4.69. The van der Waals surface area contributed by atoms with Crippen molar-refractivity contribution < 1.29 is 0 Å². The highest BCUT2D eigenvalue weighted by Gasteiger charge is 2.10. The molecule has 0 saturated carbocycles. The van der Waals surface area contributed by atoms with Crippen LogP contribution in [0.15, 0.2) is 29.3 Å². The largest absolute Gasteiger partial charge is 0.370 e. The van der Waals surface area contributed by atoms with Gasteiger partial charge in [0.05, 0.1) is 6.54 Å². The molecule has 1 aliphatic rings. The Bertz CT molecular complexity index is 458. The molecule has 1 saturated heterocycles. The normalized spacial score (nSPS) is 14.1. The summed E-state index contributed by atoms with van der Waals surface area (Å²) in [5, 5.41) is 0. The second kappa shape index (κ2) is 9.50. The van der Waals surface area contributed by atoms with E-state index < -0.39 is 0 Å². The summed E-state index contributed by atoms with van der Waals surface area (Å²) in [5.74, 6) is 3.47. The molecule has 0 bridgehead atoms. The zero-order chi connectivity index (χ0) is 15.2. The van der Waals surface area contributed by atoms with E-state index in [4.69, 9.17) is 0 Å². The van der Waals surface area contributed by atoms with Crippen LogP contribution in [0, 0.1) is 0 Å². The fraction of sp³-hybridized carbons (Fsp3) is 0.562. The van der Waals surface area contributed by atoms with E-state index in [-0.39, 0.29) is 24.0 Å². The molecule has 0 aliphatic carbocycles. The summed E-state index contributed by atoms with van der Waals surface area (Å²) in [5.41, 5.74) is 2.59. The number of aliphatic imine (C=N–C) groups is 1. The lowest BCUT2D eigenvalue weighted by atomic mass is 10.2. The topological polar surface area (TPSA) is 22.1 Å². The van der Waals surface area contributed by atoms with Gasteiger partial charge >= 0.3 is 0 Å². The molecule has 1 aliphatic heterocycles. The first-order valence-corrected chi connectivity index (χ1v) is 8.54. The van der Waals surface area contributed by atoms with Crippen molar-refractivity contribution in [1.29, 1.82) is 0 Å². The van der Waals surface area contributed by atoms with Crippen molar-refractivity contribution in [2.75, 3.05) is 57.7 Å². The van der Waals surface area contributed by atoms with Crippen LogP contribution in [0.4, 0.5) is 5.69 Å². The van der Waals surface area contributed by atoms with Crippen molar-refractivity contribution in [3.05, 3.63) is 29.8 Å². The van der Waals surface area contributed by atoms with Crippen molar-refractivity contribution in [3.63, 3.8) is 0 Å². The van der Waals surface area contributed by atoms with E-state index in [1.54, 1.807) is 0 Å². The van der Waals surface area contributed by atoms with Gasteiger partial charge in [-0.15, -0.1) is 24.0 Å². The molecule has 6 heteroatoms. The Morgan fingerprint density at radius 3 is 2.09 bits per heavy atom. The first-order chi connectivity index (χ1) is 10.1. The molecule has 1 fully saturated rings. The summed E-state index contributed by atoms with van der Waals surface area (Å²) in [4.78, 5) is 11.2. The van der Waals surface area contributed by atoms with Crippen LogP contribution in [0.3, 0.4) is 0 Å². The van der Waals surface area contributed by atoms with Crippen molar-refractivity contribution in [2.45, 2.75) is 6.54 Å². The Morgan fingerprint density at radius 2 is 1.59 bits per heavy atom. The Balaban J connectivity index is 0.00000242. The zero-order valence-corrected chi connectivity index (χ0v) is 17.1. The molecule has 1 heterocycles. The minimum absolute atomic E-state index is 0. The van der Waals surface area contributed by atoms with E-state index in [0.29, 0.717) is 0 Å². The lowest BCUT2D eigenvalue weighted by Gasteiger charge is -2.28. The van der Waals surface area contributed by atoms with Gasteiger partial charge in [-0.05, 0) is 17.7 Å². The zero-order valence-electron chi connectivity index (χ0n) is 14.0. The van der Waals surface area contributed by atoms with Crippen LogP contribution in [-0.4, -0.2) is 68.5 Å². The van der Waals surface area contributed by atoms with Gasteiger partial charge in [0.15, 0.2) is 5.96 Å². The van der Waals surface area contributed by atoms with E-state index in [0.717, 1.165) is 25.6 Å². The molecule has 0 radical (unpaired) electrons. The van der Waals surface area contributed by atoms with Crippen LogP contribution in [0.25, 0.3) is 0 Å². The quantitative estimate of drug-likeness (QED) is 0.415. The molecule has 0 amide bonds. The number of halogens is 1. The molecule has 0 spiro atoms. The molecule has 0 aromatic heterocycles. The lowest BCUT2D eigenvalue weighted by molar-refractivity contribution is 0.479. The monoisotopic (exact) mass is 434 g/mol. The third kappa shape index (κ3) is 5.53. The molecule has 4 nitrogen and oxygen atoms in total. The van der Waals surface area contributed by atoms with Crippen LogP contribution in [0.1, 0.15) is 5.56 Å². The minimum Gasteiger partial charge on any atom is -0.370 e.